The minimum absolute atomic E-state index is 0.00321. The molecule has 1 aromatic heterocycles. The largest absolute Gasteiger partial charge is 0.394 e. The third-order valence-electron chi connectivity index (χ3n) is 1.79. The molecule has 7 nitrogen and oxygen atoms in total. The average molecular weight is 244 g/mol. The molecule has 0 aromatic carbocycles. The third-order valence-corrected chi connectivity index (χ3v) is 1.79. The van der Waals surface area contributed by atoms with Gasteiger partial charge in [-0.15, -0.1) is 0 Å². The van der Waals surface area contributed by atoms with Crippen LogP contribution in [0.5, 0.6) is 0 Å². The molecule has 0 aliphatic rings. The fourth-order valence-electron chi connectivity index (χ4n) is 0.936. The highest BCUT2D eigenvalue weighted by molar-refractivity contribution is 5.92. The predicted molar refractivity (Wildman–Crippen MR) is 64.9 cm³/mol. The number of rotatable bonds is 5. The maximum Gasteiger partial charge on any atom is 0.269 e. The molecule has 1 amide bonds. The van der Waals surface area contributed by atoms with Gasteiger partial charge in [0.2, 0.25) is 0 Å². The SMILES string of the molecule is CC.CNc1cc(C(=O)NCC(O)CO)[nH]n1. The molecule has 0 aliphatic carbocycles. The van der Waals surface area contributed by atoms with Gasteiger partial charge in [-0.25, -0.2) is 0 Å². The minimum Gasteiger partial charge on any atom is -0.394 e. The van der Waals surface area contributed by atoms with Crippen LogP contribution >= 0.6 is 0 Å². The van der Waals surface area contributed by atoms with Crippen molar-refractivity contribution in [1.82, 2.24) is 15.5 Å². The first-order valence-corrected chi connectivity index (χ1v) is 5.47. The van der Waals surface area contributed by atoms with E-state index in [-0.39, 0.29) is 19.1 Å². The van der Waals surface area contributed by atoms with Crippen LogP contribution in [-0.2, 0) is 0 Å². The molecule has 1 atom stereocenters. The fraction of sp³-hybridized carbons (Fsp3) is 0.600. The van der Waals surface area contributed by atoms with Gasteiger partial charge in [-0.2, -0.15) is 5.10 Å². The number of nitrogens with zero attached hydrogens (tertiary/aromatic N) is 1. The van der Waals surface area contributed by atoms with Crippen molar-refractivity contribution in [2.45, 2.75) is 20.0 Å². The van der Waals surface area contributed by atoms with Crippen molar-refractivity contribution < 1.29 is 15.0 Å². The van der Waals surface area contributed by atoms with Gasteiger partial charge in [-0.1, -0.05) is 13.8 Å². The Hall–Kier alpha value is -1.60. The molecular formula is C10H20N4O3. The van der Waals surface area contributed by atoms with Gasteiger partial charge in [0.25, 0.3) is 5.91 Å². The molecule has 1 rings (SSSR count). The number of aromatic amines is 1. The summed E-state index contributed by atoms with van der Waals surface area (Å²) < 4.78 is 0. The number of anilines is 1. The maximum atomic E-state index is 11.4. The molecule has 0 fully saturated rings. The second-order valence-electron chi connectivity index (χ2n) is 2.96. The highest BCUT2D eigenvalue weighted by atomic mass is 16.3. The standard InChI is InChI=1S/C8H14N4O3.C2H6/c1-9-7-2-6(11-12-7)8(15)10-3-5(14)4-13;1-2/h2,5,13-14H,3-4H2,1H3,(H,10,15)(H2,9,11,12);1-2H3. The summed E-state index contributed by atoms with van der Waals surface area (Å²) in [6.45, 7) is 3.62. The monoisotopic (exact) mass is 244 g/mol. The van der Waals surface area contributed by atoms with Crippen LogP contribution < -0.4 is 10.6 Å². The Bertz CT molecular complexity index is 327. The highest BCUT2D eigenvalue weighted by Gasteiger charge is 2.10. The van der Waals surface area contributed by atoms with Gasteiger partial charge in [0.15, 0.2) is 0 Å². The van der Waals surface area contributed by atoms with Crippen LogP contribution in [0.4, 0.5) is 5.82 Å². The molecule has 1 unspecified atom stereocenters. The van der Waals surface area contributed by atoms with Crippen molar-refractivity contribution in [2.24, 2.45) is 0 Å². The van der Waals surface area contributed by atoms with Crippen LogP contribution in [0.3, 0.4) is 0 Å². The zero-order chi connectivity index (χ0) is 13.3. The number of nitrogens with one attached hydrogen (secondary N) is 3. The second-order valence-corrected chi connectivity index (χ2v) is 2.96. The average Bonchev–Trinajstić information content (AvgIpc) is 2.86. The number of amides is 1. The van der Waals surface area contributed by atoms with E-state index in [0.717, 1.165) is 0 Å². The molecule has 98 valence electrons. The van der Waals surface area contributed by atoms with E-state index in [2.05, 4.69) is 20.8 Å². The Kier molecular flexibility index (Phi) is 7.74. The van der Waals surface area contributed by atoms with Crippen molar-refractivity contribution in [3.05, 3.63) is 11.8 Å². The van der Waals surface area contributed by atoms with Gasteiger partial charge >= 0.3 is 0 Å². The number of hydrogen-bond acceptors (Lipinski definition) is 5. The topological polar surface area (TPSA) is 110 Å². The Morgan fingerprint density at radius 3 is 2.71 bits per heavy atom. The summed E-state index contributed by atoms with van der Waals surface area (Å²) in [5.41, 5.74) is 0.296. The van der Waals surface area contributed by atoms with Crippen molar-refractivity contribution >= 4 is 11.7 Å². The van der Waals surface area contributed by atoms with Crippen LogP contribution in [0.1, 0.15) is 24.3 Å². The van der Waals surface area contributed by atoms with Gasteiger partial charge in [-0.05, 0) is 0 Å². The van der Waals surface area contributed by atoms with E-state index in [1.165, 1.54) is 0 Å². The summed E-state index contributed by atoms with van der Waals surface area (Å²) >= 11 is 0. The zero-order valence-corrected chi connectivity index (χ0v) is 10.3. The van der Waals surface area contributed by atoms with Crippen LogP contribution in [0.25, 0.3) is 0 Å². The van der Waals surface area contributed by atoms with E-state index >= 15 is 0 Å². The van der Waals surface area contributed by atoms with E-state index in [4.69, 9.17) is 10.2 Å². The smallest absolute Gasteiger partial charge is 0.269 e. The molecule has 0 saturated heterocycles. The third kappa shape index (κ3) is 5.32. The van der Waals surface area contributed by atoms with Crippen LogP contribution in [0, 0.1) is 0 Å². The lowest BCUT2D eigenvalue weighted by molar-refractivity contribution is 0.0799. The molecule has 0 radical (unpaired) electrons. The molecule has 17 heavy (non-hydrogen) atoms. The van der Waals surface area contributed by atoms with E-state index in [1.54, 1.807) is 13.1 Å². The summed E-state index contributed by atoms with van der Waals surface area (Å²) in [4.78, 5) is 11.4. The first kappa shape index (κ1) is 15.4. The first-order chi connectivity index (χ1) is 8.17. The second kappa shape index (κ2) is 8.54. The Labute approximate surface area is 100 Å². The van der Waals surface area contributed by atoms with Crippen molar-refractivity contribution in [3.63, 3.8) is 0 Å². The van der Waals surface area contributed by atoms with Gasteiger partial charge < -0.3 is 20.8 Å². The molecule has 7 heteroatoms. The van der Waals surface area contributed by atoms with Crippen LogP contribution in [0.2, 0.25) is 0 Å². The number of carbonyl (C=O) groups excluding carboxylic acids is 1. The van der Waals surface area contributed by atoms with Gasteiger partial charge in [0.1, 0.15) is 11.5 Å². The minimum atomic E-state index is -0.944. The van der Waals surface area contributed by atoms with E-state index in [1.807, 2.05) is 13.8 Å². The number of hydrogen-bond donors (Lipinski definition) is 5. The summed E-state index contributed by atoms with van der Waals surface area (Å²) in [5, 5.41) is 29.1. The molecular weight excluding hydrogens is 224 g/mol. The summed E-state index contributed by atoms with van der Waals surface area (Å²) in [7, 11) is 1.69. The fourth-order valence-corrected chi connectivity index (χ4v) is 0.936. The molecule has 0 saturated carbocycles. The highest BCUT2D eigenvalue weighted by Crippen LogP contribution is 2.03. The van der Waals surface area contributed by atoms with E-state index in [9.17, 15) is 4.79 Å². The lowest BCUT2D eigenvalue weighted by Gasteiger charge is -2.07. The molecule has 0 bridgehead atoms. The number of aliphatic hydroxyl groups excluding tert-OH is 2. The van der Waals surface area contributed by atoms with E-state index in [0.29, 0.717) is 11.5 Å². The zero-order valence-electron chi connectivity index (χ0n) is 10.3. The Morgan fingerprint density at radius 1 is 1.59 bits per heavy atom. The summed E-state index contributed by atoms with van der Waals surface area (Å²) in [6.07, 6.45) is -0.944. The molecule has 5 N–H and O–H groups in total. The Morgan fingerprint density at radius 2 is 2.24 bits per heavy atom. The normalized spacial score (nSPS) is 11.1. The summed E-state index contributed by atoms with van der Waals surface area (Å²) in [5.74, 6) is 0.180. The molecule has 0 spiro atoms. The number of aliphatic hydroxyl groups is 2. The summed E-state index contributed by atoms with van der Waals surface area (Å²) in [6, 6.07) is 1.54. The maximum absolute atomic E-state index is 11.4. The van der Waals surface area contributed by atoms with Crippen molar-refractivity contribution in [1.29, 1.82) is 0 Å². The predicted octanol–water partition coefficient (Wildman–Crippen LogP) is -0.439. The van der Waals surface area contributed by atoms with Crippen LogP contribution in [0.15, 0.2) is 6.07 Å². The quantitative estimate of drug-likeness (QED) is 0.482. The lowest BCUT2D eigenvalue weighted by Crippen LogP contribution is -2.34. The molecule has 1 heterocycles. The van der Waals surface area contributed by atoms with Gasteiger partial charge in [-0.3, -0.25) is 9.89 Å². The molecule has 1 aromatic rings. The molecule has 0 aliphatic heterocycles. The Balaban J connectivity index is 0.00000121. The van der Waals surface area contributed by atoms with Crippen molar-refractivity contribution in [3.8, 4) is 0 Å². The van der Waals surface area contributed by atoms with Gasteiger partial charge in [0.05, 0.1) is 12.7 Å². The number of H-pyrrole nitrogens is 1. The first-order valence-electron chi connectivity index (χ1n) is 5.47. The van der Waals surface area contributed by atoms with Crippen LogP contribution in [-0.4, -0.2) is 52.6 Å². The number of carbonyl (C=O) groups is 1. The van der Waals surface area contributed by atoms with Gasteiger partial charge in [0, 0.05) is 19.7 Å². The number of aromatic nitrogens is 2. The van der Waals surface area contributed by atoms with Crippen molar-refractivity contribution in [2.75, 3.05) is 25.5 Å². The van der Waals surface area contributed by atoms with E-state index < -0.39 is 6.10 Å². The lowest BCUT2D eigenvalue weighted by atomic mass is 10.3.